The Balaban J connectivity index is 2.16. The van der Waals surface area contributed by atoms with Gasteiger partial charge in [0.1, 0.15) is 0 Å². The molecule has 0 amide bonds. The summed E-state index contributed by atoms with van der Waals surface area (Å²) < 4.78 is 3.98. The van der Waals surface area contributed by atoms with E-state index in [0.717, 1.165) is 29.3 Å². The second-order valence-corrected chi connectivity index (χ2v) is 7.04. The van der Waals surface area contributed by atoms with Crippen LogP contribution in [0.2, 0.25) is 0 Å². The van der Waals surface area contributed by atoms with Crippen molar-refractivity contribution in [2.75, 3.05) is 10.9 Å². The van der Waals surface area contributed by atoms with Crippen molar-refractivity contribution >= 4 is 75.1 Å². The third-order valence-corrected chi connectivity index (χ3v) is 4.39. The van der Waals surface area contributed by atoms with Crippen molar-refractivity contribution < 1.29 is 0 Å². The van der Waals surface area contributed by atoms with Crippen molar-refractivity contribution in [3.63, 3.8) is 0 Å². The first kappa shape index (κ1) is 14.4. The zero-order chi connectivity index (χ0) is 13.1. The first-order valence-electron chi connectivity index (χ1n) is 4.98. The van der Waals surface area contributed by atoms with Crippen LogP contribution in [0.4, 0.5) is 11.4 Å². The fourth-order valence-corrected chi connectivity index (χ4v) is 3.87. The van der Waals surface area contributed by atoms with Gasteiger partial charge in [0.05, 0.1) is 11.4 Å². The molecule has 0 aromatic heterocycles. The number of rotatable bonds is 3. The van der Waals surface area contributed by atoms with E-state index in [1.165, 1.54) is 0 Å². The van der Waals surface area contributed by atoms with Crippen molar-refractivity contribution in [3.05, 3.63) is 54.3 Å². The Morgan fingerprint density at radius 2 is 1.28 bits per heavy atom. The molecule has 0 aliphatic carbocycles. The molecule has 2 rings (SSSR count). The molecule has 0 unspecified atom stereocenters. The summed E-state index contributed by atoms with van der Waals surface area (Å²) in [5, 5.41) is 0. The lowest BCUT2D eigenvalue weighted by atomic mass is 10.3. The summed E-state index contributed by atoms with van der Waals surface area (Å²) in [5.74, 6) is 0. The molecule has 0 saturated carbocycles. The van der Waals surface area contributed by atoms with E-state index in [1.54, 1.807) is 0 Å². The smallest absolute Gasteiger partial charge is 0.0823 e. The van der Waals surface area contributed by atoms with Gasteiger partial charge in [-0.2, -0.15) is 0 Å². The second kappa shape index (κ2) is 6.41. The van der Waals surface area contributed by atoms with Crippen molar-refractivity contribution in [2.24, 2.45) is 0 Å². The van der Waals surface area contributed by atoms with E-state index in [-0.39, 0.29) is 0 Å². The van der Waals surface area contributed by atoms with E-state index in [1.807, 2.05) is 36.4 Å². The van der Waals surface area contributed by atoms with Crippen LogP contribution in [0.25, 0.3) is 0 Å². The number of hydrogen-bond acceptors (Lipinski definition) is 2. The highest BCUT2D eigenvalue weighted by atomic mass is 79.9. The monoisotopic (exact) mass is 496 g/mol. The van der Waals surface area contributed by atoms with E-state index in [4.69, 9.17) is 0 Å². The lowest BCUT2D eigenvalue weighted by molar-refractivity contribution is 1.38. The van der Waals surface area contributed by atoms with Gasteiger partial charge in [-0.05, 0) is 62.2 Å². The standard InChI is InChI=1S/C12H8Br4N2/c13-7-4-8(14)6-9(5-7)17-18-12-10(15)2-1-3-11(12)16/h1-6,17-18H. The molecule has 0 radical (unpaired) electrons. The minimum Gasteiger partial charge on any atom is -0.301 e. The van der Waals surface area contributed by atoms with Crippen molar-refractivity contribution in [1.29, 1.82) is 0 Å². The van der Waals surface area contributed by atoms with Crippen molar-refractivity contribution in [2.45, 2.75) is 0 Å². The number of para-hydroxylation sites is 1. The largest absolute Gasteiger partial charge is 0.301 e. The second-order valence-electron chi connectivity index (χ2n) is 3.50. The van der Waals surface area contributed by atoms with Gasteiger partial charge in [-0.15, -0.1) is 0 Å². The SMILES string of the molecule is Brc1cc(Br)cc(NNc2c(Br)cccc2Br)c1. The molecule has 0 aliphatic heterocycles. The molecule has 0 spiro atoms. The zero-order valence-corrected chi connectivity index (χ0v) is 15.3. The van der Waals surface area contributed by atoms with Gasteiger partial charge in [0.15, 0.2) is 0 Å². The number of nitrogens with one attached hydrogen (secondary N) is 2. The Morgan fingerprint density at radius 1 is 0.722 bits per heavy atom. The maximum Gasteiger partial charge on any atom is 0.0823 e. The van der Waals surface area contributed by atoms with E-state index in [9.17, 15) is 0 Å². The topological polar surface area (TPSA) is 24.1 Å². The van der Waals surface area contributed by atoms with Crippen molar-refractivity contribution in [3.8, 4) is 0 Å². The van der Waals surface area contributed by atoms with Crippen molar-refractivity contribution in [1.82, 2.24) is 0 Å². The van der Waals surface area contributed by atoms with Crippen LogP contribution in [-0.4, -0.2) is 0 Å². The Labute approximate surface area is 139 Å². The number of halogens is 4. The average molecular weight is 500 g/mol. The minimum atomic E-state index is 0.952. The van der Waals surface area contributed by atoms with Gasteiger partial charge in [-0.25, -0.2) is 0 Å². The van der Waals surface area contributed by atoms with Gasteiger partial charge in [-0.3, -0.25) is 5.43 Å². The van der Waals surface area contributed by atoms with E-state index in [2.05, 4.69) is 74.6 Å². The normalized spacial score (nSPS) is 10.2. The molecule has 18 heavy (non-hydrogen) atoms. The van der Waals surface area contributed by atoms with Crippen LogP contribution in [0.15, 0.2) is 54.3 Å². The molecule has 0 atom stereocenters. The van der Waals surface area contributed by atoms with E-state index in [0.29, 0.717) is 0 Å². The highest BCUT2D eigenvalue weighted by Gasteiger charge is 2.04. The van der Waals surface area contributed by atoms with Gasteiger partial charge >= 0.3 is 0 Å². The van der Waals surface area contributed by atoms with E-state index >= 15 is 0 Å². The molecule has 2 aromatic carbocycles. The molecule has 0 bridgehead atoms. The fourth-order valence-electron chi connectivity index (χ4n) is 1.38. The Hall–Kier alpha value is -0.0400. The summed E-state index contributed by atoms with van der Waals surface area (Å²) in [6.45, 7) is 0. The molecule has 2 N–H and O–H groups in total. The summed E-state index contributed by atoms with van der Waals surface area (Å²) in [4.78, 5) is 0. The lowest BCUT2D eigenvalue weighted by Gasteiger charge is -2.13. The van der Waals surface area contributed by atoms with Crippen LogP contribution in [0.3, 0.4) is 0 Å². The summed E-state index contributed by atoms with van der Waals surface area (Å²) in [6.07, 6.45) is 0. The first-order valence-corrected chi connectivity index (χ1v) is 8.15. The Bertz CT molecular complexity index is 531. The average Bonchev–Trinajstić information content (AvgIpc) is 2.27. The summed E-state index contributed by atoms with van der Waals surface area (Å²) in [5.41, 5.74) is 8.23. The van der Waals surface area contributed by atoms with Gasteiger partial charge < -0.3 is 5.43 Å². The van der Waals surface area contributed by atoms with Crippen LogP contribution in [0, 0.1) is 0 Å². The molecule has 0 fully saturated rings. The van der Waals surface area contributed by atoms with E-state index < -0.39 is 0 Å². The predicted molar refractivity (Wildman–Crippen MR) is 90.9 cm³/mol. The van der Waals surface area contributed by atoms with Gasteiger partial charge in [0.2, 0.25) is 0 Å². The Morgan fingerprint density at radius 3 is 1.83 bits per heavy atom. The zero-order valence-electron chi connectivity index (χ0n) is 8.98. The summed E-state index contributed by atoms with van der Waals surface area (Å²) >= 11 is 13.9. The highest BCUT2D eigenvalue weighted by molar-refractivity contribution is 9.11. The van der Waals surface area contributed by atoms with Gasteiger partial charge in [0.25, 0.3) is 0 Å². The Kier molecular flexibility index (Phi) is 5.12. The molecule has 0 saturated heterocycles. The van der Waals surface area contributed by atoms with Crippen LogP contribution < -0.4 is 10.9 Å². The molecule has 2 nitrogen and oxygen atoms in total. The number of hydrazine groups is 1. The third kappa shape index (κ3) is 3.73. The van der Waals surface area contributed by atoms with Gasteiger partial charge in [-0.1, -0.05) is 37.9 Å². The predicted octanol–water partition coefficient (Wildman–Crippen LogP) is 6.18. The summed E-state index contributed by atoms with van der Waals surface area (Å²) in [7, 11) is 0. The fraction of sp³-hybridized carbons (Fsp3) is 0. The highest BCUT2D eigenvalue weighted by Crippen LogP contribution is 2.31. The molecular formula is C12H8Br4N2. The number of anilines is 2. The first-order chi connectivity index (χ1) is 8.56. The maximum absolute atomic E-state index is 3.50. The molecular weight excluding hydrogens is 492 g/mol. The van der Waals surface area contributed by atoms with Crippen LogP contribution in [0.5, 0.6) is 0 Å². The lowest BCUT2D eigenvalue weighted by Crippen LogP contribution is -2.09. The summed E-state index contributed by atoms with van der Waals surface area (Å²) in [6, 6.07) is 11.9. The van der Waals surface area contributed by atoms with Crippen LogP contribution >= 0.6 is 63.7 Å². The third-order valence-electron chi connectivity index (χ3n) is 2.16. The molecule has 0 heterocycles. The number of benzene rings is 2. The maximum atomic E-state index is 3.50. The molecule has 6 heteroatoms. The minimum absolute atomic E-state index is 0.952. The number of hydrogen-bond donors (Lipinski definition) is 2. The molecule has 0 aliphatic rings. The quantitative estimate of drug-likeness (QED) is 0.493. The molecule has 94 valence electrons. The van der Waals surface area contributed by atoms with Crippen LogP contribution in [-0.2, 0) is 0 Å². The van der Waals surface area contributed by atoms with Crippen LogP contribution in [0.1, 0.15) is 0 Å². The molecule has 2 aromatic rings. The van der Waals surface area contributed by atoms with Gasteiger partial charge in [0, 0.05) is 17.9 Å².